The summed E-state index contributed by atoms with van der Waals surface area (Å²) < 4.78 is 0. The van der Waals surface area contributed by atoms with Crippen molar-refractivity contribution in [1.29, 1.82) is 0 Å². The molecule has 0 unspecified atom stereocenters. The molecule has 0 fully saturated rings. The van der Waals surface area contributed by atoms with E-state index in [9.17, 15) is 9.90 Å². The zero-order valence-corrected chi connectivity index (χ0v) is 14.8. The molecule has 1 N–H and O–H groups in total. The summed E-state index contributed by atoms with van der Waals surface area (Å²) in [6.45, 7) is 15.6. The van der Waals surface area contributed by atoms with Gasteiger partial charge in [0.05, 0.1) is 12.2 Å². The first-order valence-corrected chi connectivity index (χ1v) is 8.47. The van der Waals surface area contributed by atoms with Crippen molar-refractivity contribution in [2.24, 2.45) is 11.8 Å². The molecule has 0 radical (unpaired) electrons. The van der Waals surface area contributed by atoms with Gasteiger partial charge in [-0.1, -0.05) is 41.5 Å². The van der Waals surface area contributed by atoms with Crippen LogP contribution in [0.4, 0.5) is 0 Å². The molecule has 0 atom stereocenters. The van der Waals surface area contributed by atoms with Gasteiger partial charge >= 0.3 is 5.97 Å². The Morgan fingerprint density at radius 2 is 1.67 bits per heavy atom. The van der Waals surface area contributed by atoms with Gasteiger partial charge < -0.3 is 5.11 Å². The molecule has 0 aromatic carbocycles. The average molecular weight is 312 g/mol. The van der Waals surface area contributed by atoms with Gasteiger partial charge in [-0.2, -0.15) is 0 Å². The van der Waals surface area contributed by atoms with Crippen molar-refractivity contribution in [2.75, 3.05) is 13.1 Å². The summed E-state index contributed by atoms with van der Waals surface area (Å²) in [4.78, 5) is 18.7. The monoisotopic (exact) mass is 312 g/mol. The van der Waals surface area contributed by atoms with Gasteiger partial charge in [0.25, 0.3) is 0 Å². The number of aromatic nitrogens is 1. The van der Waals surface area contributed by atoms with Gasteiger partial charge in [-0.05, 0) is 17.8 Å². The van der Waals surface area contributed by atoms with Gasteiger partial charge in [-0.25, -0.2) is 9.78 Å². The maximum atomic E-state index is 11.3. The van der Waals surface area contributed by atoms with Crippen LogP contribution in [0.15, 0.2) is 0 Å². The second-order valence-electron chi connectivity index (χ2n) is 6.76. The van der Waals surface area contributed by atoms with E-state index in [0.717, 1.165) is 30.3 Å². The number of nitrogens with zero attached hydrogens (tertiary/aromatic N) is 2. The molecule has 1 aromatic heterocycles. The van der Waals surface area contributed by atoms with Gasteiger partial charge in [0.2, 0.25) is 0 Å². The van der Waals surface area contributed by atoms with Crippen LogP contribution in [0.3, 0.4) is 0 Å². The van der Waals surface area contributed by atoms with Crippen molar-refractivity contribution in [3.63, 3.8) is 0 Å². The van der Waals surface area contributed by atoms with Crippen molar-refractivity contribution in [3.8, 4) is 0 Å². The van der Waals surface area contributed by atoms with Crippen LogP contribution >= 0.6 is 11.3 Å². The second kappa shape index (κ2) is 7.90. The zero-order valence-electron chi connectivity index (χ0n) is 14.0. The fourth-order valence-electron chi connectivity index (χ4n) is 2.42. The Labute approximate surface area is 132 Å². The highest BCUT2D eigenvalue weighted by atomic mass is 32.1. The molecule has 0 saturated carbocycles. The first kappa shape index (κ1) is 18.1. The average Bonchev–Trinajstić information content (AvgIpc) is 2.71. The number of hydrogen-bond donors (Lipinski definition) is 1. The van der Waals surface area contributed by atoms with Gasteiger partial charge in [-0.15, -0.1) is 11.3 Å². The van der Waals surface area contributed by atoms with E-state index in [4.69, 9.17) is 0 Å². The molecule has 0 aliphatic rings. The molecule has 5 heteroatoms. The highest BCUT2D eigenvalue weighted by molar-refractivity contribution is 7.13. The summed E-state index contributed by atoms with van der Waals surface area (Å²) in [6.07, 6.45) is 0. The number of aromatic carboxylic acids is 1. The molecule has 0 bridgehead atoms. The van der Waals surface area contributed by atoms with Crippen LogP contribution in [0, 0.1) is 11.8 Å². The Hall–Kier alpha value is -0.940. The Morgan fingerprint density at radius 1 is 1.14 bits per heavy atom. The summed E-state index contributed by atoms with van der Waals surface area (Å²) in [5.41, 5.74) is 0.719. The Bertz CT molecular complexity index is 457. The largest absolute Gasteiger partial charge is 0.477 e. The van der Waals surface area contributed by atoms with Crippen LogP contribution in [0.2, 0.25) is 0 Å². The molecule has 1 aromatic rings. The number of thiazole rings is 1. The molecule has 0 saturated heterocycles. The van der Waals surface area contributed by atoms with Gasteiger partial charge in [0.15, 0.2) is 0 Å². The van der Waals surface area contributed by atoms with Crippen LogP contribution in [0.25, 0.3) is 0 Å². The van der Waals surface area contributed by atoms with Crippen molar-refractivity contribution in [2.45, 2.75) is 54.0 Å². The third-order valence-corrected chi connectivity index (χ3v) is 4.09. The molecule has 1 rings (SSSR count). The quantitative estimate of drug-likeness (QED) is 0.786. The molecule has 0 spiro atoms. The van der Waals surface area contributed by atoms with Gasteiger partial charge in [-0.3, -0.25) is 4.90 Å². The summed E-state index contributed by atoms with van der Waals surface area (Å²) in [5.74, 6) is 0.464. The van der Waals surface area contributed by atoms with Crippen LogP contribution in [0.1, 0.15) is 67.8 Å². The molecule has 0 aliphatic carbocycles. The van der Waals surface area contributed by atoms with E-state index < -0.39 is 5.97 Å². The van der Waals surface area contributed by atoms with Crippen LogP contribution in [0.5, 0.6) is 0 Å². The predicted octanol–water partition coefficient (Wildman–Crippen LogP) is 4.08. The standard InChI is InChI=1S/C16H28N2O2S/c1-10(2)7-18(8-11(3)4)9-13-17-14(12(5)6)15(21-13)16(19)20/h10-12H,7-9H2,1-6H3,(H,19,20). The van der Waals surface area contributed by atoms with Crippen molar-refractivity contribution < 1.29 is 9.90 Å². The molecule has 120 valence electrons. The topological polar surface area (TPSA) is 53.4 Å². The second-order valence-corrected chi connectivity index (χ2v) is 7.85. The lowest BCUT2D eigenvalue weighted by atomic mass is 10.1. The number of carboxylic acid groups (broad SMARTS) is 1. The molecule has 0 aliphatic heterocycles. The van der Waals surface area contributed by atoms with E-state index in [1.165, 1.54) is 11.3 Å². The number of hydrogen-bond acceptors (Lipinski definition) is 4. The van der Waals surface area contributed by atoms with Crippen molar-refractivity contribution >= 4 is 17.3 Å². The lowest BCUT2D eigenvalue weighted by Gasteiger charge is -2.25. The van der Waals surface area contributed by atoms with E-state index in [1.54, 1.807) is 0 Å². The maximum Gasteiger partial charge on any atom is 0.347 e. The first-order chi connectivity index (χ1) is 9.70. The van der Waals surface area contributed by atoms with Crippen LogP contribution < -0.4 is 0 Å². The van der Waals surface area contributed by atoms with E-state index >= 15 is 0 Å². The van der Waals surface area contributed by atoms with Gasteiger partial charge in [0, 0.05) is 13.1 Å². The van der Waals surface area contributed by atoms with Crippen LogP contribution in [-0.4, -0.2) is 34.0 Å². The van der Waals surface area contributed by atoms with Crippen molar-refractivity contribution in [3.05, 3.63) is 15.6 Å². The molecule has 21 heavy (non-hydrogen) atoms. The zero-order chi connectivity index (χ0) is 16.2. The highest BCUT2D eigenvalue weighted by Crippen LogP contribution is 2.26. The summed E-state index contributed by atoms with van der Waals surface area (Å²) in [6, 6.07) is 0. The van der Waals surface area contributed by atoms with Crippen LogP contribution in [-0.2, 0) is 6.54 Å². The molecular formula is C16H28N2O2S. The summed E-state index contributed by atoms with van der Waals surface area (Å²) in [5, 5.41) is 10.2. The Balaban J connectivity index is 2.92. The highest BCUT2D eigenvalue weighted by Gasteiger charge is 2.21. The summed E-state index contributed by atoms with van der Waals surface area (Å²) >= 11 is 1.33. The third-order valence-electron chi connectivity index (χ3n) is 3.04. The van der Waals surface area contributed by atoms with E-state index in [2.05, 4.69) is 37.6 Å². The molecule has 4 nitrogen and oxygen atoms in total. The minimum Gasteiger partial charge on any atom is -0.477 e. The number of rotatable bonds is 8. The van der Waals surface area contributed by atoms with E-state index in [1.807, 2.05) is 13.8 Å². The third kappa shape index (κ3) is 5.75. The normalized spacial score (nSPS) is 12.1. The number of carbonyl (C=O) groups is 1. The van der Waals surface area contributed by atoms with Crippen molar-refractivity contribution in [1.82, 2.24) is 9.88 Å². The fraction of sp³-hybridized carbons (Fsp3) is 0.750. The molecule has 0 amide bonds. The molecule has 1 heterocycles. The van der Waals surface area contributed by atoms with E-state index in [0.29, 0.717) is 16.7 Å². The molecular weight excluding hydrogens is 284 g/mol. The Morgan fingerprint density at radius 3 is 2.00 bits per heavy atom. The summed E-state index contributed by atoms with van der Waals surface area (Å²) in [7, 11) is 0. The Kier molecular flexibility index (Phi) is 6.81. The fourth-order valence-corrected chi connectivity index (χ4v) is 3.52. The lowest BCUT2D eigenvalue weighted by Crippen LogP contribution is -2.30. The minimum absolute atomic E-state index is 0.143. The minimum atomic E-state index is -0.860. The van der Waals surface area contributed by atoms with E-state index in [-0.39, 0.29) is 5.92 Å². The smallest absolute Gasteiger partial charge is 0.347 e. The lowest BCUT2D eigenvalue weighted by molar-refractivity contribution is 0.0700. The number of carboxylic acids is 1. The first-order valence-electron chi connectivity index (χ1n) is 7.65. The van der Waals surface area contributed by atoms with Gasteiger partial charge in [0.1, 0.15) is 9.88 Å². The SMILES string of the molecule is CC(C)CN(Cc1nc(C(C)C)c(C(=O)O)s1)CC(C)C. The predicted molar refractivity (Wildman–Crippen MR) is 88.1 cm³/mol. The maximum absolute atomic E-state index is 11.3.